The second-order valence-corrected chi connectivity index (χ2v) is 3.92. The summed E-state index contributed by atoms with van der Waals surface area (Å²) in [4.78, 5) is 11.5. The summed E-state index contributed by atoms with van der Waals surface area (Å²) in [6.07, 6.45) is 3.65. The van der Waals surface area contributed by atoms with Crippen LogP contribution in [0, 0.1) is 6.92 Å². The summed E-state index contributed by atoms with van der Waals surface area (Å²) in [7, 11) is 1.78. The summed E-state index contributed by atoms with van der Waals surface area (Å²) >= 11 is 1.65. The number of nitrogens with zero attached hydrogens (tertiary/aromatic N) is 2. The smallest absolute Gasteiger partial charge is 0.341 e. The van der Waals surface area contributed by atoms with Crippen LogP contribution in [0.2, 0.25) is 0 Å². The molecule has 0 spiro atoms. The van der Waals surface area contributed by atoms with Crippen molar-refractivity contribution in [3.8, 4) is 0 Å². The SMILES string of the molecule is CSCCOC(=O)c1cn(C)nc1C. The maximum absolute atomic E-state index is 11.5. The van der Waals surface area contributed by atoms with Gasteiger partial charge in [0, 0.05) is 19.0 Å². The Bertz CT molecular complexity index is 323. The third-order valence-corrected chi connectivity index (χ3v) is 2.33. The minimum Gasteiger partial charge on any atom is -0.461 e. The monoisotopic (exact) mass is 214 g/mol. The van der Waals surface area contributed by atoms with E-state index in [0.29, 0.717) is 17.9 Å². The van der Waals surface area contributed by atoms with E-state index in [9.17, 15) is 4.79 Å². The zero-order valence-corrected chi connectivity index (χ0v) is 9.43. The highest BCUT2D eigenvalue weighted by Crippen LogP contribution is 2.06. The van der Waals surface area contributed by atoms with Gasteiger partial charge in [-0.1, -0.05) is 0 Å². The van der Waals surface area contributed by atoms with Crippen molar-refractivity contribution in [2.75, 3.05) is 18.6 Å². The van der Waals surface area contributed by atoms with Gasteiger partial charge in [-0.3, -0.25) is 4.68 Å². The molecule has 0 N–H and O–H groups in total. The van der Waals surface area contributed by atoms with Crippen LogP contribution in [0.25, 0.3) is 0 Å². The number of rotatable bonds is 4. The first-order valence-corrected chi connectivity index (χ1v) is 5.71. The molecule has 1 heterocycles. The van der Waals surface area contributed by atoms with Crippen LogP contribution in [-0.4, -0.2) is 34.4 Å². The highest BCUT2D eigenvalue weighted by molar-refractivity contribution is 7.98. The molecule has 0 fully saturated rings. The molecule has 78 valence electrons. The molecule has 0 aromatic carbocycles. The summed E-state index contributed by atoms with van der Waals surface area (Å²) < 4.78 is 6.66. The minimum absolute atomic E-state index is 0.287. The molecule has 0 radical (unpaired) electrons. The van der Waals surface area contributed by atoms with Gasteiger partial charge in [0.15, 0.2) is 0 Å². The zero-order valence-electron chi connectivity index (χ0n) is 8.61. The third-order valence-electron chi connectivity index (χ3n) is 1.75. The quantitative estimate of drug-likeness (QED) is 0.559. The molecule has 0 aliphatic rings. The number of hydrogen-bond donors (Lipinski definition) is 0. The molecule has 0 amide bonds. The molecule has 14 heavy (non-hydrogen) atoms. The predicted octanol–water partition coefficient (Wildman–Crippen LogP) is 1.25. The molecule has 0 unspecified atom stereocenters. The number of carbonyl (C=O) groups excluding carboxylic acids is 1. The fraction of sp³-hybridized carbons (Fsp3) is 0.556. The number of carbonyl (C=O) groups is 1. The van der Waals surface area contributed by atoms with Gasteiger partial charge in [0.1, 0.15) is 12.2 Å². The van der Waals surface area contributed by atoms with E-state index >= 15 is 0 Å². The first-order valence-electron chi connectivity index (χ1n) is 4.31. The van der Waals surface area contributed by atoms with Gasteiger partial charge >= 0.3 is 5.97 Å². The van der Waals surface area contributed by atoms with Crippen molar-refractivity contribution in [3.63, 3.8) is 0 Å². The topological polar surface area (TPSA) is 44.1 Å². The first-order chi connectivity index (χ1) is 6.65. The van der Waals surface area contributed by atoms with E-state index in [0.717, 1.165) is 5.75 Å². The molecule has 0 saturated heterocycles. The molecule has 4 nitrogen and oxygen atoms in total. The van der Waals surface area contributed by atoms with Crippen molar-refractivity contribution >= 4 is 17.7 Å². The lowest BCUT2D eigenvalue weighted by molar-refractivity contribution is 0.0529. The Morgan fingerprint density at radius 1 is 1.71 bits per heavy atom. The van der Waals surface area contributed by atoms with Crippen LogP contribution in [-0.2, 0) is 11.8 Å². The van der Waals surface area contributed by atoms with Gasteiger partial charge in [-0.2, -0.15) is 16.9 Å². The standard InChI is InChI=1S/C9H14N2O2S/c1-7-8(6-11(2)10-7)9(12)13-4-5-14-3/h6H,4-5H2,1-3H3. The summed E-state index contributed by atoms with van der Waals surface area (Å²) in [6, 6.07) is 0. The Morgan fingerprint density at radius 2 is 2.43 bits per heavy atom. The Labute approximate surface area is 87.6 Å². The van der Waals surface area contributed by atoms with Crippen molar-refractivity contribution in [1.29, 1.82) is 0 Å². The number of aryl methyl sites for hydroxylation is 2. The number of esters is 1. The molecule has 0 bridgehead atoms. The molecular formula is C9H14N2O2S. The maximum Gasteiger partial charge on any atom is 0.341 e. The minimum atomic E-state index is -0.287. The number of aromatic nitrogens is 2. The van der Waals surface area contributed by atoms with Crippen molar-refractivity contribution in [1.82, 2.24) is 9.78 Å². The lowest BCUT2D eigenvalue weighted by Gasteiger charge is -2.01. The van der Waals surface area contributed by atoms with E-state index in [4.69, 9.17) is 4.74 Å². The van der Waals surface area contributed by atoms with Gasteiger partial charge in [-0.25, -0.2) is 4.79 Å². The van der Waals surface area contributed by atoms with Gasteiger partial charge in [0.25, 0.3) is 0 Å². The Kier molecular flexibility index (Phi) is 4.00. The molecule has 0 aliphatic heterocycles. The maximum atomic E-state index is 11.5. The van der Waals surface area contributed by atoms with E-state index in [2.05, 4.69) is 5.10 Å². The Morgan fingerprint density at radius 3 is 2.93 bits per heavy atom. The van der Waals surface area contributed by atoms with E-state index in [1.54, 1.807) is 36.6 Å². The van der Waals surface area contributed by atoms with Crippen molar-refractivity contribution in [2.24, 2.45) is 7.05 Å². The van der Waals surface area contributed by atoms with Crippen LogP contribution in [0.15, 0.2) is 6.20 Å². The van der Waals surface area contributed by atoms with Crippen LogP contribution >= 0.6 is 11.8 Å². The van der Waals surface area contributed by atoms with Gasteiger partial charge in [-0.05, 0) is 13.2 Å². The van der Waals surface area contributed by atoms with Crippen LogP contribution in [0.1, 0.15) is 16.1 Å². The van der Waals surface area contributed by atoms with Crippen LogP contribution in [0.4, 0.5) is 0 Å². The average molecular weight is 214 g/mol. The number of hydrogen-bond acceptors (Lipinski definition) is 4. The first kappa shape index (κ1) is 11.1. The summed E-state index contributed by atoms with van der Waals surface area (Å²) in [6.45, 7) is 2.25. The molecule has 1 rings (SSSR count). The summed E-state index contributed by atoms with van der Waals surface area (Å²) in [5, 5.41) is 4.07. The molecule has 0 atom stereocenters. The number of thioether (sulfide) groups is 1. The van der Waals surface area contributed by atoms with Crippen LogP contribution < -0.4 is 0 Å². The molecule has 5 heteroatoms. The van der Waals surface area contributed by atoms with E-state index in [1.165, 1.54) is 0 Å². The van der Waals surface area contributed by atoms with Gasteiger partial charge in [-0.15, -0.1) is 0 Å². The highest BCUT2D eigenvalue weighted by atomic mass is 32.2. The second kappa shape index (κ2) is 5.05. The summed E-state index contributed by atoms with van der Waals surface area (Å²) in [5.74, 6) is 0.537. The van der Waals surface area contributed by atoms with Crippen molar-refractivity contribution in [2.45, 2.75) is 6.92 Å². The highest BCUT2D eigenvalue weighted by Gasteiger charge is 2.13. The fourth-order valence-electron chi connectivity index (χ4n) is 1.10. The van der Waals surface area contributed by atoms with Crippen LogP contribution in [0.3, 0.4) is 0 Å². The molecule has 0 aliphatic carbocycles. The Balaban J connectivity index is 2.56. The summed E-state index contributed by atoms with van der Waals surface area (Å²) in [5.41, 5.74) is 1.26. The van der Waals surface area contributed by atoms with E-state index in [-0.39, 0.29) is 5.97 Å². The molecular weight excluding hydrogens is 200 g/mol. The third kappa shape index (κ3) is 2.77. The second-order valence-electron chi connectivity index (χ2n) is 2.93. The molecule has 1 aromatic heterocycles. The average Bonchev–Trinajstić information content (AvgIpc) is 2.45. The number of ether oxygens (including phenoxy) is 1. The molecule has 1 aromatic rings. The van der Waals surface area contributed by atoms with Crippen LogP contribution in [0.5, 0.6) is 0 Å². The largest absolute Gasteiger partial charge is 0.461 e. The van der Waals surface area contributed by atoms with E-state index < -0.39 is 0 Å². The lowest BCUT2D eigenvalue weighted by Crippen LogP contribution is -2.08. The Hall–Kier alpha value is -0.970. The fourth-order valence-corrected chi connectivity index (χ4v) is 1.35. The lowest BCUT2D eigenvalue weighted by atomic mass is 10.3. The normalized spacial score (nSPS) is 10.2. The van der Waals surface area contributed by atoms with Gasteiger partial charge < -0.3 is 4.74 Å². The van der Waals surface area contributed by atoms with Gasteiger partial charge in [0.2, 0.25) is 0 Å². The zero-order chi connectivity index (χ0) is 10.6. The van der Waals surface area contributed by atoms with Crippen molar-refractivity contribution in [3.05, 3.63) is 17.5 Å². The predicted molar refractivity (Wildman–Crippen MR) is 56.6 cm³/mol. The van der Waals surface area contributed by atoms with E-state index in [1.807, 2.05) is 6.26 Å². The van der Waals surface area contributed by atoms with Gasteiger partial charge in [0.05, 0.1) is 5.69 Å². The molecule has 0 saturated carbocycles. The van der Waals surface area contributed by atoms with Crippen molar-refractivity contribution < 1.29 is 9.53 Å².